The van der Waals surface area contributed by atoms with Gasteiger partial charge in [0, 0.05) is 35.1 Å². The molecular formula is C21H21BClNO5. The number of fused-ring (bicyclic) bond motifs is 1. The largest absolute Gasteiger partial charge is 0.507 e. The number of piperidine rings is 1. The van der Waals surface area contributed by atoms with Crippen LogP contribution >= 0.6 is 11.6 Å². The molecular weight excluding hydrogens is 392 g/mol. The van der Waals surface area contributed by atoms with Crippen LogP contribution in [0.1, 0.15) is 17.9 Å². The molecule has 3 N–H and O–H groups in total. The van der Waals surface area contributed by atoms with Crippen LogP contribution in [0, 0.1) is 0 Å². The van der Waals surface area contributed by atoms with Crippen molar-refractivity contribution in [3.8, 4) is 22.8 Å². The quantitative estimate of drug-likeness (QED) is 0.552. The normalized spacial score (nSPS) is 20.2. The molecule has 6 nitrogen and oxygen atoms in total. The Labute approximate surface area is 173 Å². The molecule has 1 saturated heterocycles. The van der Waals surface area contributed by atoms with Crippen LogP contribution in [-0.4, -0.2) is 54.3 Å². The van der Waals surface area contributed by atoms with Crippen molar-refractivity contribution >= 4 is 35.9 Å². The molecule has 0 radical (unpaired) electrons. The highest BCUT2D eigenvalue weighted by Crippen LogP contribution is 2.42. The lowest BCUT2D eigenvalue weighted by Gasteiger charge is -2.34. The molecule has 2 aromatic carbocycles. The van der Waals surface area contributed by atoms with Crippen molar-refractivity contribution in [3.05, 3.63) is 51.1 Å². The van der Waals surface area contributed by atoms with E-state index in [1.165, 1.54) is 0 Å². The third kappa shape index (κ3) is 3.29. The Bertz CT molecular complexity index is 1160. The zero-order chi connectivity index (χ0) is 20.9. The zero-order valence-corrected chi connectivity index (χ0v) is 16.9. The summed E-state index contributed by atoms with van der Waals surface area (Å²) in [7, 11) is 3.52. The SMILES string of the molecule is Bc1c(-c2ccccc2Cl)oc2c([C@H]3CCN(C)C[C@H]3O)c(O)cc(O)c2c1=O. The number of nitrogens with zero attached hydrogens (tertiary/aromatic N) is 1. The van der Waals surface area contributed by atoms with Crippen molar-refractivity contribution in [3.63, 3.8) is 0 Å². The third-order valence-electron chi connectivity index (χ3n) is 5.66. The van der Waals surface area contributed by atoms with E-state index >= 15 is 0 Å². The van der Waals surface area contributed by atoms with Crippen LogP contribution in [0.4, 0.5) is 0 Å². The van der Waals surface area contributed by atoms with E-state index in [1.807, 2.05) is 11.9 Å². The topological polar surface area (TPSA) is 94.1 Å². The molecule has 1 aliphatic heterocycles. The van der Waals surface area contributed by atoms with Crippen molar-refractivity contribution in [2.24, 2.45) is 0 Å². The molecule has 8 heteroatoms. The molecule has 29 heavy (non-hydrogen) atoms. The number of phenolic OH excluding ortho intramolecular Hbond substituents is 2. The van der Waals surface area contributed by atoms with E-state index in [-0.39, 0.29) is 28.2 Å². The van der Waals surface area contributed by atoms with Gasteiger partial charge in [-0.15, -0.1) is 0 Å². The van der Waals surface area contributed by atoms with Gasteiger partial charge in [-0.05, 0) is 32.1 Å². The first-order chi connectivity index (χ1) is 13.8. The minimum Gasteiger partial charge on any atom is -0.507 e. The highest BCUT2D eigenvalue weighted by molar-refractivity contribution is 6.38. The van der Waals surface area contributed by atoms with E-state index in [4.69, 9.17) is 16.0 Å². The van der Waals surface area contributed by atoms with E-state index in [2.05, 4.69) is 0 Å². The summed E-state index contributed by atoms with van der Waals surface area (Å²) in [5, 5.41) is 32.1. The van der Waals surface area contributed by atoms with Crippen LogP contribution in [0.5, 0.6) is 11.5 Å². The van der Waals surface area contributed by atoms with Gasteiger partial charge < -0.3 is 24.6 Å². The average molecular weight is 414 g/mol. The Balaban J connectivity index is 2.05. The standard InChI is InChI=1S/C21H21BClNO5/c1-24-7-6-11(15(27)9-24)16-13(25)8-14(26)17-19(28)18(22)20(29-21(16)17)10-4-2-3-5-12(10)23/h2-5,8,11,15,25-27H,6-7,9,22H2,1H3/t11-,15+/m0/s1. The fourth-order valence-corrected chi connectivity index (χ4v) is 4.35. The average Bonchev–Trinajstić information content (AvgIpc) is 2.66. The number of likely N-dealkylation sites (tertiary alicyclic amines) is 1. The van der Waals surface area contributed by atoms with Crippen molar-refractivity contribution in [1.82, 2.24) is 4.90 Å². The molecule has 1 aliphatic rings. The summed E-state index contributed by atoms with van der Waals surface area (Å²) >= 11 is 6.32. The highest BCUT2D eigenvalue weighted by atomic mass is 35.5. The van der Waals surface area contributed by atoms with Crippen molar-refractivity contribution < 1.29 is 19.7 Å². The molecule has 1 aromatic heterocycles. The molecule has 0 aliphatic carbocycles. The number of phenols is 2. The van der Waals surface area contributed by atoms with E-state index in [1.54, 1.807) is 32.1 Å². The lowest BCUT2D eigenvalue weighted by Crippen LogP contribution is -2.40. The molecule has 1 fully saturated rings. The molecule has 0 saturated carbocycles. The minimum absolute atomic E-state index is 0.00256. The van der Waals surface area contributed by atoms with Crippen molar-refractivity contribution in [2.45, 2.75) is 18.4 Å². The fraction of sp³-hybridized carbons (Fsp3) is 0.286. The fourth-order valence-electron chi connectivity index (χ4n) is 4.13. The van der Waals surface area contributed by atoms with Gasteiger partial charge in [-0.1, -0.05) is 23.7 Å². The second-order valence-corrected chi connectivity index (χ2v) is 8.03. The number of halogens is 1. The number of hydrogen-bond donors (Lipinski definition) is 3. The van der Waals surface area contributed by atoms with Crippen LogP contribution in [0.2, 0.25) is 5.02 Å². The Morgan fingerprint density at radius 2 is 1.97 bits per heavy atom. The summed E-state index contributed by atoms with van der Waals surface area (Å²) in [5.74, 6) is -0.715. The first kappa shape index (κ1) is 19.8. The number of likely N-dealkylation sites (N-methyl/N-ethyl adjacent to an activating group) is 1. The molecule has 150 valence electrons. The maximum Gasteiger partial charge on any atom is 0.190 e. The van der Waals surface area contributed by atoms with Gasteiger partial charge in [-0.2, -0.15) is 0 Å². The van der Waals surface area contributed by atoms with E-state index < -0.39 is 17.5 Å². The van der Waals surface area contributed by atoms with Crippen molar-refractivity contribution in [2.75, 3.05) is 20.1 Å². The number of rotatable bonds is 2. The molecule has 2 atom stereocenters. The predicted octanol–water partition coefficient (Wildman–Crippen LogP) is 1.56. The highest BCUT2D eigenvalue weighted by Gasteiger charge is 2.33. The van der Waals surface area contributed by atoms with Crippen LogP contribution in [0.15, 0.2) is 39.5 Å². The lowest BCUT2D eigenvalue weighted by molar-refractivity contribution is 0.0631. The summed E-state index contributed by atoms with van der Waals surface area (Å²) in [6, 6.07) is 8.15. The Kier molecular flexibility index (Phi) is 5.06. The third-order valence-corrected chi connectivity index (χ3v) is 5.99. The smallest absolute Gasteiger partial charge is 0.190 e. The summed E-state index contributed by atoms with van der Waals surface area (Å²) < 4.78 is 6.13. The minimum atomic E-state index is -0.747. The summed E-state index contributed by atoms with van der Waals surface area (Å²) in [6.07, 6.45) is -0.174. The van der Waals surface area contributed by atoms with Crippen LogP contribution in [-0.2, 0) is 0 Å². The molecule has 3 aromatic rings. The summed E-state index contributed by atoms with van der Waals surface area (Å²) in [4.78, 5) is 15.1. The molecule has 0 unspecified atom stereocenters. The number of β-amino-alcohol motifs (C(OH)–C–C–N with tert-alkyl or cyclic N) is 1. The van der Waals surface area contributed by atoms with Gasteiger partial charge in [0.1, 0.15) is 36.1 Å². The van der Waals surface area contributed by atoms with Gasteiger partial charge in [0.05, 0.1) is 11.1 Å². The van der Waals surface area contributed by atoms with E-state index in [0.717, 1.165) is 12.6 Å². The van der Waals surface area contributed by atoms with Gasteiger partial charge in [0.2, 0.25) is 0 Å². The second kappa shape index (κ2) is 7.41. The van der Waals surface area contributed by atoms with Gasteiger partial charge in [-0.25, -0.2) is 0 Å². The second-order valence-electron chi connectivity index (χ2n) is 7.62. The van der Waals surface area contributed by atoms with Gasteiger partial charge in [0.25, 0.3) is 0 Å². The van der Waals surface area contributed by atoms with Crippen LogP contribution < -0.4 is 10.9 Å². The number of aliphatic hydroxyl groups is 1. The van der Waals surface area contributed by atoms with Crippen LogP contribution in [0.3, 0.4) is 0 Å². The number of aliphatic hydroxyl groups excluding tert-OH is 1. The number of benzene rings is 2. The monoisotopic (exact) mass is 413 g/mol. The maximum atomic E-state index is 13.1. The Morgan fingerprint density at radius 1 is 1.24 bits per heavy atom. The maximum absolute atomic E-state index is 13.1. The van der Waals surface area contributed by atoms with E-state index in [9.17, 15) is 20.1 Å². The number of aromatic hydroxyl groups is 2. The lowest BCUT2D eigenvalue weighted by atomic mass is 9.84. The van der Waals surface area contributed by atoms with Gasteiger partial charge in [-0.3, -0.25) is 4.79 Å². The molecule has 0 bridgehead atoms. The predicted molar refractivity (Wildman–Crippen MR) is 115 cm³/mol. The first-order valence-corrected chi connectivity index (χ1v) is 9.81. The van der Waals surface area contributed by atoms with Gasteiger partial charge in [0.15, 0.2) is 5.43 Å². The summed E-state index contributed by atoms with van der Waals surface area (Å²) in [5.41, 5.74) is 0.873. The summed E-state index contributed by atoms with van der Waals surface area (Å²) in [6.45, 7) is 1.15. The van der Waals surface area contributed by atoms with Crippen LogP contribution in [0.25, 0.3) is 22.3 Å². The Hall–Kier alpha value is -2.48. The van der Waals surface area contributed by atoms with Crippen molar-refractivity contribution in [1.29, 1.82) is 0 Å². The first-order valence-electron chi connectivity index (χ1n) is 9.43. The molecule has 2 heterocycles. The molecule has 0 spiro atoms. The van der Waals surface area contributed by atoms with Gasteiger partial charge >= 0.3 is 0 Å². The number of hydrogen-bond acceptors (Lipinski definition) is 6. The molecule has 0 amide bonds. The molecule has 4 rings (SSSR count). The Morgan fingerprint density at radius 3 is 2.66 bits per heavy atom. The van der Waals surface area contributed by atoms with E-state index in [0.29, 0.717) is 34.6 Å². The zero-order valence-electron chi connectivity index (χ0n) is 16.1.